The summed E-state index contributed by atoms with van der Waals surface area (Å²) >= 11 is 3.31. The van der Waals surface area contributed by atoms with Crippen LogP contribution in [0, 0.1) is 6.92 Å². The van der Waals surface area contributed by atoms with Gasteiger partial charge < -0.3 is 5.32 Å². The van der Waals surface area contributed by atoms with Crippen LogP contribution in [0.1, 0.15) is 5.56 Å². The average Bonchev–Trinajstić information content (AvgIpc) is 2.75. The maximum atomic E-state index is 11.7. The van der Waals surface area contributed by atoms with Gasteiger partial charge in [0, 0.05) is 10.7 Å². The zero-order chi connectivity index (χ0) is 12.3. The van der Waals surface area contributed by atoms with Gasteiger partial charge in [0.2, 0.25) is 5.91 Å². The molecule has 0 unspecified atom stereocenters. The predicted octanol–water partition coefficient (Wildman–Crippen LogP) is 1.38. The molecule has 0 spiro atoms. The van der Waals surface area contributed by atoms with Crippen LogP contribution in [0.25, 0.3) is 0 Å². The van der Waals surface area contributed by atoms with Crippen LogP contribution in [0.3, 0.4) is 0 Å². The molecule has 0 bridgehead atoms. The predicted molar refractivity (Wildman–Crippen MR) is 65.3 cm³/mol. The van der Waals surface area contributed by atoms with Crippen molar-refractivity contribution >= 4 is 27.7 Å². The number of pyridine rings is 1. The molecule has 2 heterocycles. The number of carbonyl (C=O) groups excluding carboxylic acids is 1. The standard InChI is InChI=1S/C10H10BrN5O/c1-7-2-8(11)3-13-10(7)15-9(17)4-16-6-12-5-14-16/h2-3,5-6H,4H2,1H3,(H,13,15,17). The van der Waals surface area contributed by atoms with Gasteiger partial charge >= 0.3 is 0 Å². The summed E-state index contributed by atoms with van der Waals surface area (Å²) in [4.78, 5) is 19.5. The Labute approximate surface area is 106 Å². The minimum Gasteiger partial charge on any atom is -0.309 e. The summed E-state index contributed by atoms with van der Waals surface area (Å²) < 4.78 is 2.33. The molecule has 1 amide bonds. The lowest BCUT2D eigenvalue weighted by Gasteiger charge is -2.07. The quantitative estimate of drug-likeness (QED) is 0.928. The fraction of sp³-hybridized carbons (Fsp3) is 0.200. The Morgan fingerprint density at radius 1 is 1.59 bits per heavy atom. The lowest BCUT2D eigenvalue weighted by atomic mass is 10.3. The highest BCUT2D eigenvalue weighted by atomic mass is 79.9. The second-order valence-corrected chi connectivity index (χ2v) is 4.38. The molecule has 2 aromatic rings. The molecule has 0 aliphatic rings. The van der Waals surface area contributed by atoms with E-state index in [0.29, 0.717) is 5.82 Å². The highest BCUT2D eigenvalue weighted by Crippen LogP contribution is 2.16. The summed E-state index contributed by atoms with van der Waals surface area (Å²) in [5.74, 6) is 0.367. The number of rotatable bonds is 3. The maximum absolute atomic E-state index is 11.7. The van der Waals surface area contributed by atoms with Gasteiger partial charge in [0.05, 0.1) is 0 Å². The molecule has 17 heavy (non-hydrogen) atoms. The minimum absolute atomic E-state index is 0.122. The van der Waals surface area contributed by atoms with Crippen LogP contribution in [-0.2, 0) is 11.3 Å². The molecule has 0 atom stereocenters. The van der Waals surface area contributed by atoms with Crippen LogP contribution in [0.5, 0.6) is 0 Å². The smallest absolute Gasteiger partial charge is 0.247 e. The first kappa shape index (κ1) is 11.7. The van der Waals surface area contributed by atoms with Crippen LogP contribution in [-0.4, -0.2) is 25.7 Å². The van der Waals surface area contributed by atoms with Crippen molar-refractivity contribution in [1.82, 2.24) is 19.7 Å². The minimum atomic E-state index is -0.187. The third-order valence-corrected chi connectivity index (χ3v) is 2.51. The maximum Gasteiger partial charge on any atom is 0.247 e. The Kier molecular flexibility index (Phi) is 3.48. The Bertz CT molecular complexity index is 525. The zero-order valence-electron chi connectivity index (χ0n) is 9.09. The number of aryl methyl sites for hydroxylation is 1. The number of anilines is 1. The fourth-order valence-electron chi connectivity index (χ4n) is 1.30. The van der Waals surface area contributed by atoms with Crippen molar-refractivity contribution < 1.29 is 4.79 Å². The summed E-state index contributed by atoms with van der Waals surface area (Å²) in [6, 6.07) is 1.89. The van der Waals surface area contributed by atoms with E-state index in [1.807, 2.05) is 13.0 Å². The lowest BCUT2D eigenvalue weighted by Crippen LogP contribution is -2.20. The largest absolute Gasteiger partial charge is 0.309 e. The molecule has 0 saturated heterocycles. The monoisotopic (exact) mass is 295 g/mol. The van der Waals surface area contributed by atoms with Crippen molar-refractivity contribution in [2.45, 2.75) is 13.5 Å². The topological polar surface area (TPSA) is 72.7 Å². The van der Waals surface area contributed by atoms with Crippen molar-refractivity contribution in [2.24, 2.45) is 0 Å². The van der Waals surface area contributed by atoms with Crippen LogP contribution < -0.4 is 5.32 Å². The molecule has 2 aromatic heterocycles. The molecule has 0 radical (unpaired) electrons. The summed E-state index contributed by atoms with van der Waals surface area (Å²) in [6.07, 6.45) is 4.51. The summed E-state index contributed by atoms with van der Waals surface area (Å²) in [5.41, 5.74) is 0.895. The van der Waals surface area contributed by atoms with Crippen molar-refractivity contribution in [1.29, 1.82) is 0 Å². The number of hydrogen-bond donors (Lipinski definition) is 1. The van der Waals surface area contributed by atoms with Gasteiger partial charge in [0.15, 0.2) is 0 Å². The third kappa shape index (κ3) is 3.10. The number of aromatic nitrogens is 4. The fourth-order valence-corrected chi connectivity index (χ4v) is 1.75. The molecule has 0 aliphatic carbocycles. The van der Waals surface area contributed by atoms with E-state index in [-0.39, 0.29) is 12.5 Å². The van der Waals surface area contributed by atoms with Crippen molar-refractivity contribution in [3.63, 3.8) is 0 Å². The van der Waals surface area contributed by atoms with Crippen LogP contribution in [0.4, 0.5) is 5.82 Å². The van der Waals surface area contributed by atoms with Gasteiger partial charge in [-0.05, 0) is 34.5 Å². The first-order valence-corrected chi connectivity index (χ1v) is 5.69. The second-order valence-electron chi connectivity index (χ2n) is 3.46. The summed E-state index contributed by atoms with van der Waals surface area (Å²) in [6.45, 7) is 2.00. The number of carbonyl (C=O) groups is 1. The molecule has 88 valence electrons. The molecule has 0 saturated carbocycles. The van der Waals surface area contributed by atoms with E-state index < -0.39 is 0 Å². The van der Waals surface area contributed by atoms with Crippen molar-refractivity contribution in [2.75, 3.05) is 5.32 Å². The lowest BCUT2D eigenvalue weighted by molar-refractivity contribution is -0.116. The molecule has 0 aromatic carbocycles. The molecule has 2 rings (SSSR count). The molecule has 1 N–H and O–H groups in total. The van der Waals surface area contributed by atoms with Gasteiger partial charge in [-0.15, -0.1) is 0 Å². The van der Waals surface area contributed by atoms with Crippen LogP contribution in [0.15, 0.2) is 29.4 Å². The Morgan fingerprint density at radius 2 is 2.41 bits per heavy atom. The highest BCUT2D eigenvalue weighted by molar-refractivity contribution is 9.10. The van der Waals surface area contributed by atoms with Gasteiger partial charge in [-0.3, -0.25) is 4.79 Å². The van der Waals surface area contributed by atoms with E-state index in [0.717, 1.165) is 10.0 Å². The Morgan fingerprint density at radius 3 is 3.06 bits per heavy atom. The summed E-state index contributed by atoms with van der Waals surface area (Å²) in [7, 11) is 0. The van der Waals surface area contributed by atoms with Crippen LogP contribution >= 0.6 is 15.9 Å². The van der Waals surface area contributed by atoms with E-state index in [1.165, 1.54) is 17.3 Å². The van der Waals surface area contributed by atoms with E-state index in [4.69, 9.17) is 0 Å². The third-order valence-electron chi connectivity index (χ3n) is 2.07. The van der Waals surface area contributed by atoms with Crippen LogP contribution in [0.2, 0.25) is 0 Å². The average molecular weight is 296 g/mol. The molecule has 6 nitrogen and oxygen atoms in total. The van der Waals surface area contributed by atoms with E-state index >= 15 is 0 Å². The number of nitrogens with one attached hydrogen (secondary N) is 1. The van der Waals surface area contributed by atoms with Crippen molar-refractivity contribution in [3.05, 3.63) is 35.0 Å². The SMILES string of the molecule is Cc1cc(Br)cnc1NC(=O)Cn1cncn1. The first-order chi connectivity index (χ1) is 8.15. The Hall–Kier alpha value is -1.76. The van der Waals surface area contributed by atoms with Gasteiger partial charge in [-0.25, -0.2) is 14.6 Å². The normalized spacial score (nSPS) is 10.2. The molecule has 7 heteroatoms. The van der Waals surface area contributed by atoms with Crippen molar-refractivity contribution in [3.8, 4) is 0 Å². The molecular weight excluding hydrogens is 286 g/mol. The van der Waals surface area contributed by atoms with E-state index in [1.54, 1.807) is 6.20 Å². The first-order valence-electron chi connectivity index (χ1n) is 4.89. The molecule has 0 aliphatic heterocycles. The van der Waals surface area contributed by atoms with E-state index in [9.17, 15) is 4.79 Å². The number of amides is 1. The molecule has 0 fully saturated rings. The highest BCUT2D eigenvalue weighted by Gasteiger charge is 2.07. The summed E-state index contributed by atoms with van der Waals surface area (Å²) in [5, 5.41) is 6.57. The number of hydrogen-bond acceptors (Lipinski definition) is 4. The Balaban J connectivity index is 2.03. The van der Waals surface area contributed by atoms with Gasteiger partial charge in [0.25, 0.3) is 0 Å². The van der Waals surface area contributed by atoms with E-state index in [2.05, 4.69) is 36.3 Å². The second kappa shape index (κ2) is 5.05. The van der Waals surface area contributed by atoms with Gasteiger partial charge in [-0.2, -0.15) is 5.10 Å². The zero-order valence-corrected chi connectivity index (χ0v) is 10.7. The molecular formula is C10H10BrN5O. The van der Waals surface area contributed by atoms with Gasteiger partial charge in [-0.1, -0.05) is 0 Å². The number of nitrogens with zero attached hydrogens (tertiary/aromatic N) is 4. The van der Waals surface area contributed by atoms with Gasteiger partial charge in [0.1, 0.15) is 25.0 Å². The number of halogens is 1.